The fourth-order valence-corrected chi connectivity index (χ4v) is 1.90. The van der Waals surface area contributed by atoms with E-state index in [4.69, 9.17) is 0 Å². The quantitative estimate of drug-likeness (QED) is 0.490. The van der Waals surface area contributed by atoms with Crippen molar-refractivity contribution < 1.29 is 0 Å². The maximum atomic E-state index is 3.27. The molecule has 58 valence electrons. The number of rotatable bonds is 4. The number of allylic oxidation sites excluding steroid dienone is 1. The van der Waals surface area contributed by atoms with Crippen molar-refractivity contribution in [3.05, 3.63) is 12.2 Å². The van der Waals surface area contributed by atoms with E-state index < -0.39 is 0 Å². The standard InChI is InChI=1S/C8H15NS/c1-2-3-4-10-7-8-5-9-6-8/h2-3,8-9H,4-7H2,1H3/b3-2+. The van der Waals surface area contributed by atoms with E-state index in [1.165, 1.54) is 24.6 Å². The van der Waals surface area contributed by atoms with E-state index in [9.17, 15) is 0 Å². The lowest BCUT2D eigenvalue weighted by Crippen LogP contribution is -2.43. The monoisotopic (exact) mass is 157 g/mol. The predicted molar refractivity (Wildman–Crippen MR) is 48.5 cm³/mol. The smallest absolute Gasteiger partial charge is 0.0113 e. The molecule has 0 atom stereocenters. The first kappa shape index (κ1) is 8.15. The molecule has 1 fully saturated rings. The molecule has 1 aliphatic rings. The van der Waals surface area contributed by atoms with Gasteiger partial charge in [0.25, 0.3) is 0 Å². The first-order valence-electron chi connectivity index (χ1n) is 3.83. The van der Waals surface area contributed by atoms with Crippen LogP contribution in [0.2, 0.25) is 0 Å². The Kier molecular flexibility index (Phi) is 3.91. The molecule has 1 rings (SSSR count). The molecule has 0 bridgehead atoms. The van der Waals surface area contributed by atoms with Crippen molar-refractivity contribution in [1.82, 2.24) is 5.32 Å². The van der Waals surface area contributed by atoms with Gasteiger partial charge in [0.15, 0.2) is 0 Å². The Morgan fingerprint density at radius 1 is 1.60 bits per heavy atom. The zero-order valence-electron chi connectivity index (χ0n) is 6.47. The van der Waals surface area contributed by atoms with Crippen LogP contribution in [0, 0.1) is 5.92 Å². The molecular formula is C8H15NS. The molecule has 0 amide bonds. The van der Waals surface area contributed by atoms with Crippen LogP contribution in [0.25, 0.3) is 0 Å². The third kappa shape index (κ3) is 2.76. The second kappa shape index (κ2) is 4.80. The average molecular weight is 157 g/mol. The molecule has 1 N–H and O–H groups in total. The van der Waals surface area contributed by atoms with Gasteiger partial charge in [-0.2, -0.15) is 11.8 Å². The van der Waals surface area contributed by atoms with E-state index >= 15 is 0 Å². The van der Waals surface area contributed by atoms with Gasteiger partial charge in [-0.25, -0.2) is 0 Å². The molecule has 0 radical (unpaired) electrons. The third-order valence-electron chi connectivity index (χ3n) is 1.67. The summed E-state index contributed by atoms with van der Waals surface area (Å²) in [6, 6.07) is 0. The van der Waals surface area contributed by atoms with E-state index in [1.807, 2.05) is 11.8 Å². The van der Waals surface area contributed by atoms with Crippen LogP contribution in [0.1, 0.15) is 6.92 Å². The number of hydrogen-bond acceptors (Lipinski definition) is 2. The third-order valence-corrected chi connectivity index (χ3v) is 2.80. The summed E-state index contributed by atoms with van der Waals surface area (Å²) in [7, 11) is 0. The first-order chi connectivity index (χ1) is 4.93. The Labute approximate surface area is 67.3 Å². The highest BCUT2D eigenvalue weighted by Crippen LogP contribution is 2.11. The lowest BCUT2D eigenvalue weighted by molar-refractivity contribution is 0.385. The van der Waals surface area contributed by atoms with Gasteiger partial charge >= 0.3 is 0 Å². The molecule has 0 aliphatic carbocycles. The molecule has 0 saturated carbocycles. The SMILES string of the molecule is C/C=C/CSCC1CNC1. The van der Waals surface area contributed by atoms with Crippen LogP contribution in [0.4, 0.5) is 0 Å². The van der Waals surface area contributed by atoms with E-state index in [1.54, 1.807) is 0 Å². The van der Waals surface area contributed by atoms with Crippen LogP contribution in [0.3, 0.4) is 0 Å². The minimum absolute atomic E-state index is 0.954. The molecule has 2 heteroatoms. The molecular weight excluding hydrogens is 142 g/mol. The normalized spacial score (nSPS) is 19.7. The van der Waals surface area contributed by atoms with Crippen molar-refractivity contribution in [2.45, 2.75) is 6.92 Å². The van der Waals surface area contributed by atoms with Crippen molar-refractivity contribution in [3.63, 3.8) is 0 Å². The van der Waals surface area contributed by atoms with Crippen molar-refractivity contribution in [1.29, 1.82) is 0 Å². The van der Waals surface area contributed by atoms with E-state index in [-0.39, 0.29) is 0 Å². The summed E-state index contributed by atoms with van der Waals surface area (Å²) in [4.78, 5) is 0. The summed E-state index contributed by atoms with van der Waals surface area (Å²) in [5, 5.41) is 3.27. The summed E-state index contributed by atoms with van der Waals surface area (Å²) in [6.07, 6.45) is 4.34. The van der Waals surface area contributed by atoms with Crippen LogP contribution in [-0.2, 0) is 0 Å². The molecule has 0 unspecified atom stereocenters. The summed E-state index contributed by atoms with van der Waals surface area (Å²) in [5.41, 5.74) is 0. The lowest BCUT2D eigenvalue weighted by Gasteiger charge is -2.26. The highest BCUT2D eigenvalue weighted by Gasteiger charge is 2.15. The minimum Gasteiger partial charge on any atom is -0.316 e. The molecule has 10 heavy (non-hydrogen) atoms. The van der Waals surface area contributed by atoms with Gasteiger partial charge in [-0.1, -0.05) is 12.2 Å². The molecule has 1 nitrogen and oxygen atoms in total. The highest BCUT2D eigenvalue weighted by atomic mass is 32.2. The van der Waals surface area contributed by atoms with Crippen LogP contribution < -0.4 is 5.32 Å². The molecule has 0 aromatic carbocycles. The van der Waals surface area contributed by atoms with Crippen LogP contribution >= 0.6 is 11.8 Å². The van der Waals surface area contributed by atoms with Gasteiger partial charge in [0.05, 0.1) is 0 Å². The lowest BCUT2D eigenvalue weighted by atomic mass is 10.1. The second-order valence-corrected chi connectivity index (χ2v) is 3.71. The summed E-state index contributed by atoms with van der Waals surface area (Å²) >= 11 is 2.03. The van der Waals surface area contributed by atoms with Crippen molar-refractivity contribution in [2.24, 2.45) is 5.92 Å². The highest BCUT2D eigenvalue weighted by molar-refractivity contribution is 7.99. The van der Waals surface area contributed by atoms with Crippen LogP contribution in [0.15, 0.2) is 12.2 Å². The van der Waals surface area contributed by atoms with Gasteiger partial charge in [-0.05, 0) is 31.7 Å². The van der Waals surface area contributed by atoms with E-state index in [0.717, 1.165) is 5.92 Å². The van der Waals surface area contributed by atoms with Crippen molar-refractivity contribution in [2.75, 3.05) is 24.6 Å². The fraction of sp³-hybridized carbons (Fsp3) is 0.750. The Balaban J connectivity index is 1.85. The Bertz CT molecular complexity index is 108. The summed E-state index contributed by atoms with van der Waals surface area (Å²) in [6.45, 7) is 4.55. The molecule has 1 aliphatic heterocycles. The largest absolute Gasteiger partial charge is 0.316 e. The summed E-state index contributed by atoms with van der Waals surface area (Å²) < 4.78 is 0. The molecule has 0 aromatic heterocycles. The van der Waals surface area contributed by atoms with Crippen molar-refractivity contribution >= 4 is 11.8 Å². The average Bonchev–Trinajstić information content (AvgIpc) is 1.84. The maximum absolute atomic E-state index is 3.27. The minimum atomic E-state index is 0.954. The van der Waals surface area contributed by atoms with Crippen LogP contribution in [0.5, 0.6) is 0 Å². The first-order valence-corrected chi connectivity index (χ1v) is 4.98. The van der Waals surface area contributed by atoms with Crippen molar-refractivity contribution in [3.8, 4) is 0 Å². The second-order valence-electron chi connectivity index (χ2n) is 2.63. The zero-order chi connectivity index (χ0) is 7.23. The Hall–Kier alpha value is 0.0500. The van der Waals surface area contributed by atoms with Gasteiger partial charge in [0.1, 0.15) is 0 Å². The van der Waals surface area contributed by atoms with E-state index in [2.05, 4.69) is 24.4 Å². The number of thioether (sulfide) groups is 1. The fourth-order valence-electron chi connectivity index (χ4n) is 0.865. The summed E-state index contributed by atoms with van der Waals surface area (Å²) in [5.74, 6) is 3.47. The molecule has 0 aromatic rings. The Morgan fingerprint density at radius 3 is 2.90 bits per heavy atom. The van der Waals surface area contributed by atoms with Gasteiger partial charge in [0, 0.05) is 5.75 Å². The predicted octanol–water partition coefficient (Wildman–Crippen LogP) is 1.52. The Morgan fingerprint density at radius 2 is 2.40 bits per heavy atom. The zero-order valence-corrected chi connectivity index (χ0v) is 7.29. The molecule has 1 saturated heterocycles. The van der Waals surface area contributed by atoms with Gasteiger partial charge < -0.3 is 5.32 Å². The maximum Gasteiger partial charge on any atom is 0.0113 e. The number of nitrogens with one attached hydrogen (secondary N) is 1. The molecule has 0 spiro atoms. The molecule has 1 heterocycles. The number of hydrogen-bond donors (Lipinski definition) is 1. The van der Waals surface area contributed by atoms with Gasteiger partial charge in [-0.15, -0.1) is 0 Å². The van der Waals surface area contributed by atoms with Gasteiger partial charge in [0.2, 0.25) is 0 Å². The van der Waals surface area contributed by atoms with Crippen LogP contribution in [-0.4, -0.2) is 24.6 Å². The topological polar surface area (TPSA) is 12.0 Å². The van der Waals surface area contributed by atoms with E-state index in [0.29, 0.717) is 0 Å². The van der Waals surface area contributed by atoms with Gasteiger partial charge in [-0.3, -0.25) is 0 Å².